The van der Waals surface area contributed by atoms with E-state index < -0.39 is 0 Å². The Morgan fingerprint density at radius 2 is 2.07 bits per heavy atom. The predicted octanol–water partition coefficient (Wildman–Crippen LogP) is 0.790. The molecule has 0 radical (unpaired) electrons. The Balaban J connectivity index is 2.65. The molecule has 4 heteroatoms. The zero-order valence-corrected chi connectivity index (χ0v) is 9.62. The fourth-order valence-electron chi connectivity index (χ4n) is 1.82. The third-order valence-electron chi connectivity index (χ3n) is 2.84. The summed E-state index contributed by atoms with van der Waals surface area (Å²) in [5, 5.41) is 8.87. The molecule has 1 saturated heterocycles. The summed E-state index contributed by atoms with van der Waals surface area (Å²) in [6, 6.07) is 0. The highest BCUT2D eigenvalue weighted by molar-refractivity contribution is 6.03. The van der Waals surface area contributed by atoms with Crippen LogP contribution in [0.1, 0.15) is 33.6 Å². The molecule has 0 spiro atoms. The molecule has 4 nitrogen and oxygen atoms in total. The normalized spacial score (nSPS) is 22.7. The molecule has 0 aromatic rings. The molecular formula is C11H19NO3. The third kappa shape index (κ3) is 2.78. The third-order valence-corrected chi connectivity index (χ3v) is 2.84. The van der Waals surface area contributed by atoms with Gasteiger partial charge in [-0.3, -0.25) is 14.5 Å². The first-order valence-electron chi connectivity index (χ1n) is 5.32. The summed E-state index contributed by atoms with van der Waals surface area (Å²) >= 11 is 0. The highest BCUT2D eigenvalue weighted by atomic mass is 16.3. The van der Waals surface area contributed by atoms with Crippen molar-refractivity contribution in [3.8, 4) is 0 Å². The first-order valence-corrected chi connectivity index (χ1v) is 5.32. The van der Waals surface area contributed by atoms with E-state index in [-0.39, 0.29) is 29.8 Å². The molecule has 1 rings (SSSR count). The summed E-state index contributed by atoms with van der Waals surface area (Å²) in [5.41, 5.74) is -0.204. The summed E-state index contributed by atoms with van der Waals surface area (Å²) in [7, 11) is 0. The van der Waals surface area contributed by atoms with Crippen molar-refractivity contribution in [3.05, 3.63) is 0 Å². The van der Waals surface area contributed by atoms with Gasteiger partial charge in [0.05, 0.1) is 0 Å². The van der Waals surface area contributed by atoms with Crippen LogP contribution in [0.25, 0.3) is 0 Å². The zero-order valence-electron chi connectivity index (χ0n) is 9.62. The van der Waals surface area contributed by atoms with E-state index >= 15 is 0 Å². The van der Waals surface area contributed by atoms with Gasteiger partial charge in [0.1, 0.15) is 0 Å². The SMILES string of the molecule is CC1CC(=O)N(CC(C)(C)CCO)C1=O. The number of likely N-dealkylation sites (tertiary alicyclic amines) is 1. The fraction of sp³-hybridized carbons (Fsp3) is 0.818. The largest absolute Gasteiger partial charge is 0.396 e. The number of aliphatic hydroxyl groups excluding tert-OH is 1. The summed E-state index contributed by atoms with van der Waals surface area (Å²) in [5.74, 6) is -0.341. The lowest BCUT2D eigenvalue weighted by Crippen LogP contribution is -2.39. The van der Waals surface area contributed by atoms with E-state index in [1.54, 1.807) is 6.92 Å². The van der Waals surface area contributed by atoms with Gasteiger partial charge >= 0.3 is 0 Å². The van der Waals surface area contributed by atoms with E-state index in [9.17, 15) is 9.59 Å². The Morgan fingerprint density at radius 3 is 2.47 bits per heavy atom. The van der Waals surface area contributed by atoms with Crippen LogP contribution in [0.5, 0.6) is 0 Å². The van der Waals surface area contributed by atoms with Gasteiger partial charge in [-0.05, 0) is 11.8 Å². The second kappa shape index (κ2) is 4.31. The van der Waals surface area contributed by atoms with Crippen LogP contribution < -0.4 is 0 Å². The van der Waals surface area contributed by atoms with Crippen LogP contribution in [0.4, 0.5) is 0 Å². The average molecular weight is 213 g/mol. The minimum absolute atomic E-state index is 0.0778. The number of aliphatic hydroxyl groups is 1. The van der Waals surface area contributed by atoms with E-state index in [1.807, 2.05) is 13.8 Å². The highest BCUT2D eigenvalue weighted by Crippen LogP contribution is 2.26. The Hall–Kier alpha value is -0.900. The number of rotatable bonds is 4. The lowest BCUT2D eigenvalue weighted by atomic mass is 9.89. The van der Waals surface area contributed by atoms with Gasteiger partial charge in [0.2, 0.25) is 11.8 Å². The zero-order chi connectivity index (χ0) is 11.6. The Morgan fingerprint density at radius 1 is 1.47 bits per heavy atom. The Labute approximate surface area is 90.3 Å². The van der Waals surface area contributed by atoms with Crippen molar-refractivity contribution in [2.45, 2.75) is 33.6 Å². The van der Waals surface area contributed by atoms with Gasteiger partial charge in [0.15, 0.2) is 0 Å². The van der Waals surface area contributed by atoms with Gasteiger partial charge in [-0.15, -0.1) is 0 Å². The van der Waals surface area contributed by atoms with E-state index in [1.165, 1.54) is 4.90 Å². The number of nitrogens with zero attached hydrogens (tertiary/aromatic N) is 1. The number of imide groups is 1. The molecule has 2 amide bonds. The maximum absolute atomic E-state index is 11.6. The summed E-state index contributed by atoms with van der Waals surface area (Å²) < 4.78 is 0. The van der Waals surface area contributed by atoms with Gasteiger partial charge in [0.25, 0.3) is 0 Å². The van der Waals surface area contributed by atoms with Crippen molar-refractivity contribution in [1.82, 2.24) is 4.90 Å². The van der Waals surface area contributed by atoms with E-state index in [4.69, 9.17) is 5.11 Å². The minimum atomic E-state index is -0.204. The Kier molecular flexibility index (Phi) is 3.50. The summed E-state index contributed by atoms with van der Waals surface area (Å²) in [4.78, 5) is 24.5. The van der Waals surface area contributed by atoms with E-state index in [2.05, 4.69) is 0 Å². The van der Waals surface area contributed by atoms with Crippen molar-refractivity contribution < 1.29 is 14.7 Å². The molecule has 15 heavy (non-hydrogen) atoms. The molecule has 0 aliphatic carbocycles. The first-order chi connectivity index (χ1) is 6.87. The molecule has 1 unspecified atom stereocenters. The van der Waals surface area contributed by atoms with Gasteiger partial charge in [-0.1, -0.05) is 20.8 Å². The molecule has 0 aromatic heterocycles. The summed E-state index contributed by atoms with van der Waals surface area (Å²) in [6.45, 7) is 6.17. The van der Waals surface area contributed by atoms with Crippen LogP contribution in [-0.2, 0) is 9.59 Å². The van der Waals surface area contributed by atoms with Crippen LogP contribution >= 0.6 is 0 Å². The number of hydrogen-bond acceptors (Lipinski definition) is 3. The molecule has 1 N–H and O–H groups in total. The van der Waals surface area contributed by atoms with Crippen LogP contribution in [-0.4, -0.2) is 35.0 Å². The molecule has 0 saturated carbocycles. The van der Waals surface area contributed by atoms with Gasteiger partial charge < -0.3 is 5.11 Å². The highest BCUT2D eigenvalue weighted by Gasteiger charge is 2.38. The smallest absolute Gasteiger partial charge is 0.232 e. The topological polar surface area (TPSA) is 57.6 Å². The monoisotopic (exact) mass is 213 g/mol. The van der Waals surface area contributed by atoms with E-state index in [0.29, 0.717) is 19.4 Å². The van der Waals surface area contributed by atoms with Crippen LogP contribution in [0.3, 0.4) is 0 Å². The fourth-order valence-corrected chi connectivity index (χ4v) is 1.82. The maximum Gasteiger partial charge on any atom is 0.232 e. The number of carbonyl (C=O) groups excluding carboxylic acids is 2. The van der Waals surface area contributed by atoms with Crippen LogP contribution in [0, 0.1) is 11.3 Å². The van der Waals surface area contributed by atoms with Crippen molar-refractivity contribution in [1.29, 1.82) is 0 Å². The maximum atomic E-state index is 11.6. The van der Waals surface area contributed by atoms with Gasteiger partial charge in [-0.25, -0.2) is 0 Å². The van der Waals surface area contributed by atoms with Crippen molar-refractivity contribution in [2.75, 3.05) is 13.2 Å². The molecule has 1 heterocycles. The quantitative estimate of drug-likeness (QED) is 0.702. The van der Waals surface area contributed by atoms with E-state index in [0.717, 1.165) is 0 Å². The second-order valence-electron chi connectivity index (χ2n) is 5.06. The molecule has 0 aromatic carbocycles. The lowest BCUT2D eigenvalue weighted by molar-refractivity contribution is -0.141. The number of carbonyl (C=O) groups is 2. The van der Waals surface area contributed by atoms with Crippen molar-refractivity contribution >= 4 is 11.8 Å². The molecule has 1 aliphatic rings. The second-order valence-corrected chi connectivity index (χ2v) is 5.06. The minimum Gasteiger partial charge on any atom is -0.396 e. The number of hydrogen-bond donors (Lipinski definition) is 1. The molecular weight excluding hydrogens is 194 g/mol. The standard InChI is InChI=1S/C11H19NO3/c1-8-6-9(14)12(10(8)15)7-11(2,3)4-5-13/h8,13H,4-7H2,1-3H3. The van der Waals surface area contributed by atoms with Gasteiger partial charge in [0, 0.05) is 25.5 Å². The van der Waals surface area contributed by atoms with Gasteiger partial charge in [-0.2, -0.15) is 0 Å². The predicted molar refractivity (Wildman–Crippen MR) is 56.0 cm³/mol. The molecule has 1 fully saturated rings. The lowest BCUT2D eigenvalue weighted by Gasteiger charge is -2.28. The molecule has 86 valence electrons. The Bertz CT molecular complexity index is 273. The van der Waals surface area contributed by atoms with Crippen LogP contribution in [0.2, 0.25) is 0 Å². The van der Waals surface area contributed by atoms with Crippen LogP contribution in [0.15, 0.2) is 0 Å². The molecule has 0 bridgehead atoms. The number of amides is 2. The first kappa shape index (κ1) is 12.2. The summed E-state index contributed by atoms with van der Waals surface area (Å²) in [6.07, 6.45) is 0.923. The molecule has 1 aliphatic heterocycles. The van der Waals surface area contributed by atoms with Crippen molar-refractivity contribution in [3.63, 3.8) is 0 Å². The average Bonchev–Trinajstić information content (AvgIpc) is 2.32. The van der Waals surface area contributed by atoms with Crippen molar-refractivity contribution in [2.24, 2.45) is 11.3 Å². The molecule has 1 atom stereocenters.